The summed E-state index contributed by atoms with van der Waals surface area (Å²) in [6.45, 7) is 7.98. The highest BCUT2D eigenvalue weighted by Crippen LogP contribution is 2.26. The highest BCUT2D eigenvalue weighted by Gasteiger charge is 2.22. The molecule has 0 bridgehead atoms. The molecule has 1 aromatic carbocycles. The second-order valence-corrected chi connectivity index (χ2v) is 4.05. The van der Waals surface area contributed by atoms with Gasteiger partial charge >= 0.3 is 0 Å². The van der Waals surface area contributed by atoms with Gasteiger partial charge in [0.1, 0.15) is 0 Å². The lowest BCUT2D eigenvalue weighted by Gasteiger charge is -2.24. The van der Waals surface area contributed by atoms with E-state index in [-0.39, 0.29) is 12.0 Å². The van der Waals surface area contributed by atoms with Crippen molar-refractivity contribution < 1.29 is 5.11 Å². The predicted octanol–water partition coefficient (Wildman–Crippen LogP) is 3.36. The van der Waals surface area contributed by atoms with Gasteiger partial charge < -0.3 is 5.11 Å². The number of hydrogen-bond donors (Lipinski definition) is 1. The number of benzene rings is 1. The normalized spacial score (nSPS) is 16.7. The number of hydrogen-bond acceptors (Lipinski definition) is 1. The summed E-state index contributed by atoms with van der Waals surface area (Å²) in [5.74, 6) is 0.342. The van der Waals surface area contributed by atoms with Crippen LogP contribution in [0, 0.1) is 5.92 Å². The first-order chi connectivity index (χ1) is 7.20. The predicted molar refractivity (Wildman–Crippen MR) is 64.8 cm³/mol. The minimum atomic E-state index is -0.338. The Kier molecular flexibility index (Phi) is 4.57. The summed E-state index contributed by atoms with van der Waals surface area (Å²) in [5.41, 5.74) is 1.14. The first kappa shape index (κ1) is 12.0. The Morgan fingerprint density at radius 1 is 1.33 bits per heavy atom. The van der Waals surface area contributed by atoms with Crippen LogP contribution < -0.4 is 0 Å². The Hall–Kier alpha value is -1.08. The van der Waals surface area contributed by atoms with E-state index in [4.69, 9.17) is 0 Å². The number of aliphatic hydroxyl groups excluding tert-OH is 1. The summed E-state index contributed by atoms with van der Waals surface area (Å²) in [6, 6.07) is 10.1. The second kappa shape index (κ2) is 5.72. The second-order valence-electron chi connectivity index (χ2n) is 4.05. The summed E-state index contributed by atoms with van der Waals surface area (Å²) in [6.07, 6.45) is 2.49. The molecular formula is C14H20O. The van der Waals surface area contributed by atoms with Gasteiger partial charge in [0.2, 0.25) is 0 Å². The van der Waals surface area contributed by atoms with Crippen molar-refractivity contribution in [3.8, 4) is 0 Å². The van der Waals surface area contributed by atoms with Crippen LogP contribution in [0.15, 0.2) is 43.0 Å². The molecule has 1 aromatic rings. The maximum Gasteiger partial charge on any atom is 0.0668 e. The van der Waals surface area contributed by atoms with E-state index in [0.29, 0.717) is 5.92 Å². The summed E-state index contributed by atoms with van der Waals surface area (Å²) in [4.78, 5) is 0. The molecule has 0 radical (unpaired) electrons. The molecule has 3 atom stereocenters. The fraction of sp³-hybridized carbons (Fsp3) is 0.429. The molecule has 82 valence electrons. The van der Waals surface area contributed by atoms with Crippen LogP contribution in [0.25, 0.3) is 0 Å². The van der Waals surface area contributed by atoms with Crippen LogP contribution in [-0.4, -0.2) is 11.2 Å². The van der Waals surface area contributed by atoms with E-state index in [2.05, 4.69) is 20.4 Å². The molecule has 1 heteroatoms. The van der Waals surface area contributed by atoms with Crippen molar-refractivity contribution in [3.05, 3.63) is 48.6 Å². The van der Waals surface area contributed by atoms with E-state index in [0.717, 1.165) is 12.0 Å². The van der Waals surface area contributed by atoms with Crippen LogP contribution in [-0.2, 0) is 0 Å². The lowest BCUT2D eigenvalue weighted by molar-refractivity contribution is 0.100. The molecule has 0 fully saturated rings. The molecule has 0 unspecified atom stereocenters. The Morgan fingerprint density at radius 3 is 2.40 bits per heavy atom. The van der Waals surface area contributed by atoms with Gasteiger partial charge in [0.25, 0.3) is 0 Å². The molecule has 0 amide bonds. The highest BCUT2D eigenvalue weighted by molar-refractivity contribution is 5.24. The van der Waals surface area contributed by atoms with Gasteiger partial charge in [-0.1, -0.05) is 56.7 Å². The van der Waals surface area contributed by atoms with Gasteiger partial charge in [0, 0.05) is 5.92 Å². The maximum absolute atomic E-state index is 10.2. The lowest BCUT2D eigenvalue weighted by atomic mass is 9.85. The van der Waals surface area contributed by atoms with Crippen LogP contribution in [0.4, 0.5) is 0 Å². The van der Waals surface area contributed by atoms with Crippen molar-refractivity contribution in [2.45, 2.75) is 32.3 Å². The molecule has 0 aliphatic carbocycles. The largest absolute Gasteiger partial charge is 0.392 e. The average Bonchev–Trinajstić information content (AvgIpc) is 2.30. The molecule has 0 saturated carbocycles. The zero-order chi connectivity index (χ0) is 11.3. The third-order valence-electron chi connectivity index (χ3n) is 3.03. The van der Waals surface area contributed by atoms with Crippen molar-refractivity contribution in [1.29, 1.82) is 0 Å². The van der Waals surface area contributed by atoms with Crippen LogP contribution in [0.2, 0.25) is 0 Å². The summed E-state index contributed by atoms with van der Waals surface area (Å²) in [7, 11) is 0. The highest BCUT2D eigenvalue weighted by atomic mass is 16.3. The van der Waals surface area contributed by atoms with Gasteiger partial charge in [-0.05, 0) is 11.5 Å². The van der Waals surface area contributed by atoms with Crippen molar-refractivity contribution in [2.24, 2.45) is 5.92 Å². The monoisotopic (exact) mass is 204 g/mol. The molecule has 0 aliphatic rings. The van der Waals surface area contributed by atoms with Gasteiger partial charge in [0.15, 0.2) is 0 Å². The molecule has 0 spiro atoms. The van der Waals surface area contributed by atoms with E-state index in [1.807, 2.05) is 36.4 Å². The molecular weight excluding hydrogens is 184 g/mol. The zero-order valence-electron chi connectivity index (χ0n) is 9.56. The number of rotatable bonds is 5. The Labute approximate surface area is 92.5 Å². The molecule has 0 aliphatic heterocycles. The molecule has 0 saturated heterocycles. The van der Waals surface area contributed by atoms with E-state index in [9.17, 15) is 5.11 Å². The van der Waals surface area contributed by atoms with Gasteiger partial charge in [-0.15, -0.1) is 6.58 Å². The fourth-order valence-corrected chi connectivity index (χ4v) is 1.74. The van der Waals surface area contributed by atoms with E-state index >= 15 is 0 Å². The quantitative estimate of drug-likeness (QED) is 0.729. The third-order valence-corrected chi connectivity index (χ3v) is 3.03. The first-order valence-corrected chi connectivity index (χ1v) is 5.56. The van der Waals surface area contributed by atoms with Gasteiger partial charge in [-0.2, -0.15) is 0 Å². The zero-order valence-corrected chi connectivity index (χ0v) is 9.56. The lowest BCUT2D eigenvalue weighted by Crippen LogP contribution is -2.24. The molecule has 0 heterocycles. The summed E-state index contributed by atoms with van der Waals surface area (Å²) < 4.78 is 0. The van der Waals surface area contributed by atoms with Gasteiger partial charge in [-0.3, -0.25) is 0 Å². The minimum absolute atomic E-state index is 0.0427. The van der Waals surface area contributed by atoms with Gasteiger partial charge in [0.05, 0.1) is 6.10 Å². The van der Waals surface area contributed by atoms with Gasteiger partial charge in [-0.25, -0.2) is 0 Å². The van der Waals surface area contributed by atoms with E-state index in [1.54, 1.807) is 0 Å². The summed E-state index contributed by atoms with van der Waals surface area (Å²) in [5, 5.41) is 10.2. The maximum atomic E-state index is 10.2. The third kappa shape index (κ3) is 2.93. The standard InChI is InChI=1S/C14H20O/c1-4-11(3)14(15)13(5-2)12-9-7-6-8-10-12/h5-11,13-15H,2,4H2,1,3H3/t11-,13+,14+/m0/s1. The van der Waals surface area contributed by atoms with Crippen LogP contribution >= 0.6 is 0 Å². The Morgan fingerprint density at radius 2 is 1.93 bits per heavy atom. The molecule has 1 nitrogen and oxygen atoms in total. The minimum Gasteiger partial charge on any atom is -0.392 e. The molecule has 0 aromatic heterocycles. The first-order valence-electron chi connectivity index (χ1n) is 5.56. The Balaban J connectivity index is 2.85. The Bertz CT molecular complexity index is 291. The smallest absolute Gasteiger partial charge is 0.0668 e. The summed E-state index contributed by atoms with van der Waals surface area (Å²) >= 11 is 0. The van der Waals surface area contributed by atoms with Crippen molar-refractivity contribution in [1.82, 2.24) is 0 Å². The molecule has 1 rings (SSSR count). The van der Waals surface area contributed by atoms with Crippen molar-refractivity contribution in [3.63, 3.8) is 0 Å². The van der Waals surface area contributed by atoms with Crippen LogP contribution in [0.1, 0.15) is 31.7 Å². The van der Waals surface area contributed by atoms with Crippen LogP contribution in [0.5, 0.6) is 0 Å². The topological polar surface area (TPSA) is 20.2 Å². The average molecular weight is 204 g/mol. The van der Waals surface area contributed by atoms with E-state index < -0.39 is 0 Å². The van der Waals surface area contributed by atoms with Crippen molar-refractivity contribution in [2.75, 3.05) is 0 Å². The van der Waals surface area contributed by atoms with E-state index in [1.165, 1.54) is 0 Å². The number of aliphatic hydroxyl groups is 1. The van der Waals surface area contributed by atoms with Crippen LogP contribution in [0.3, 0.4) is 0 Å². The van der Waals surface area contributed by atoms with Crippen molar-refractivity contribution >= 4 is 0 Å². The SMILES string of the molecule is C=C[C@H](c1ccccc1)[C@H](O)[C@@H](C)CC. The molecule has 15 heavy (non-hydrogen) atoms. The fourth-order valence-electron chi connectivity index (χ4n) is 1.74. The molecule has 1 N–H and O–H groups in total.